The second-order valence-corrected chi connectivity index (χ2v) is 7.54. The number of sulfone groups is 1. The lowest BCUT2D eigenvalue weighted by Crippen LogP contribution is -2.22. The molecule has 0 aromatic heterocycles. The van der Waals surface area contributed by atoms with Crippen molar-refractivity contribution in [3.05, 3.63) is 28.3 Å². The standard InChI is InChI=1S/C13H20N2O4S/c1-5-13(2,3)9-14-10-7-6-8-11(20(4,18)19)12(10)15(16)17/h6-8,14H,5,9H2,1-4H3. The molecule has 0 radical (unpaired) electrons. The molecule has 0 aliphatic carbocycles. The summed E-state index contributed by atoms with van der Waals surface area (Å²) in [5.74, 6) is 0. The Morgan fingerprint density at radius 2 is 1.95 bits per heavy atom. The van der Waals surface area contributed by atoms with Crippen LogP contribution in [0.25, 0.3) is 0 Å². The Bertz CT molecular complexity index is 609. The van der Waals surface area contributed by atoms with Crippen LogP contribution in [-0.4, -0.2) is 26.1 Å². The molecule has 0 amide bonds. The Hall–Kier alpha value is -1.63. The fourth-order valence-electron chi connectivity index (χ4n) is 1.61. The first-order valence-electron chi connectivity index (χ1n) is 6.30. The Morgan fingerprint density at radius 1 is 1.35 bits per heavy atom. The summed E-state index contributed by atoms with van der Waals surface area (Å²) in [6, 6.07) is 4.28. The average Bonchev–Trinajstić information content (AvgIpc) is 2.34. The summed E-state index contributed by atoms with van der Waals surface area (Å²) in [4.78, 5) is 10.3. The van der Waals surface area contributed by atoms with Crippen LogP contribution in [0.1, 0.15) is 27.2 Å². The molecular formula is C13H20N2O4S. The Balaban J connectivity index is 3.25. The Kier molecular flexibility index (Phi) is 4.75. The summed E-state index contributed by atoms with van der Waals surface area (Å²) in [5.41, 5.74) is -0.184. The van der Waals surface area contributed by atoms with E-state index in [1.165, 1.54) is 18.2 Å². The molecule has 1 aromatic rings. The number of hydrogen-bond acceptors (Lipinski definition) is 5. The van der Waals surface area contributed by atoms with Crippen molar-refractivity contribution >= 4 is 21.2 Å². The summed E-state index contributed by atoms with van der Waals surface area (Å²) in [6.45, 7) is 6.62. The molecule has 1 rings (SSSR count). The SMILES string of the molecule is CCC(C)(C)CNc1cccc(S(C)(=O)=O)c1[N+](=O)[O-]. The molecule has 1 N–H and O–H groups in total. The molecule has 0 unspecified atom stereocenters. The third-order valence-corrected chi connectivity index (χ3v) is 4.42. The van der Waals surface area contributed by atoms with Gasteiger partial charge < -0.3 is 5.32 Å². The first-order chi connectivity index (χ1) is 9.08. The van der Waals surface area contributed by atoms with Gasteiger partial charge in [-0.25, -0.2) is 8.42 Å². The molecule has 1 aromatic carbocycles. The van der Waals surface area contributed by atoms with Crippen LogP contribution in [0.5, 0.6) is 0 Å². The molecule has 112 valence electrons. The number of benzene rings is 1. The second-order valence-electron chi connectivity index (χ2n) is 5.55. The summed E-state index contributed by atoms with van der Waals surface area (Å²) >= 11 is 0. The van der Waals surface area contributed by atoms with Gasteiger partial charge in [-0.2, -0.15) is 0 Å². The molecule has 0 aliphatic heterocycles. The van der Waals surface area contributed by atoms with E-state index in [2.05, 4.69) is 5.32 Å². The van der Waals surface area contributed by atoms with Crippen LogP contribution in [0.2, 0.25) is 0 Å². The molecule has 0 bridgehead atoms. The maximum Gasteiger partial charge on any atom is 0.310 e. The van der Waals surface area contributed by atoms with Crippen LogP contribution in [-0.2, 0) is 9.84 Å². The molecule has 0 spiro atoms. The van der Waals surface area contributed by atoms with Crippen molar-refractivity contribution in [3.8, 4) is 0 Å². The number of anilines is 1. The van der Waals surface area contributed by atoms with Gasteiger partial charge in [-0.05, 0) is 24.0 Å². The van der Waals surface area contributed by atoms with Crippen molar-refractivity contribution in [2.45, 2.75) is 32.1 Å². The van der Waals surface area contributed by atoms with Gasteiger partial charge in [0.1, 0.15) is 10.6 Å². The van der Waals surface area contributed by atoms with Crippen LogP contribution < -0.4 is 5.32 Å². The number of nitrogens with one attached hydrogen (secondary N) is 1. The van der Waals surface area contributed by atoms with E-state index in [0.717, 1.165) is 12.7 Å². The van der Waals surface area contributed by atoms with Crippen LogP contribution in [0, 0.1) is 15.5 Å². The van der Waals surface area contributed by atoms with Crippen LogP contribution in [0.3, 0.4) is 0 Å². The molecule has 20 heavy (non-hydrogen) atoms. The zero-order chi connectivity index (χ0) is 15.6. The average molecular weight is 300 g/mol. The van der Waals surface area contributed by atoms with E-state index in [0.29, 0.717) is 6.54 Å². The van der Waals surface area contributed by atoms with Crippen molar-refractivity contribution in [1.82, 2.24) is 0 Å². The van der Waals surface area contributed by atoms with Gasteiger partial charge in [0.05, 0.1) is 4.92 Å². The van der Waals surface area contributed by atoms with Crippen LogP contribution >= 0.6 is 0 Å². The number of nitro groups is 1. The molecule has 0 heterocycles. The molecule has 7 heteroatoms. The number of rotatable bonds is 6. The number of para-hydroxylation sites is 1. The number of nitrogens with zero attached hydrogens (tertiary/aromatic N) is 1. The van der Waals surface area contributed by atoms with Crippen LogP contribution in [0.4, 0.5) is 11.4 Å². The van der Waals surface area contributed by atoms with Crippen LogP contribution in [0.15, 0.2) is 23.1 Å². The van der Waals surface area contributed by atoms with Crippen molar-refractivity contribution in [3.63, 3.8) is 0 Å². The molecule has 6 nitrogen and oxygen atoms in total. The Labute approximate surface area is 119 Å². The summed E-state index contributed by atoms with van der Waals surface area (Å²) in [7, 11) is -3.64. The Morgan fingerprint density at radius 3 is 2.40 bits per heavy atom. The smallest absolute Gasteiger partial charge is 0.310 e. The van der Waals surface area contributed by atoms with Gasteiger partial charge in [-0.15, -0.1) is 0 Å². The fourth-order valence-corrected chi connectivity index (χ4v) is 2.47. The number of nitro benzene ring substituents is 1. The van der Waals surface area contributed by atoms with E-state index in [1.807, 2.05) is 20.8 Å². The summed E-state index contributed by atoms with van der Waals surface area (Å²) in [6.07, 6.45) is 1.87. The molecule has 0 saturated carbocycles. The first kappa shape index (κ1) is 16.4. The fraction of sp³-hybridized carbons (Fsp3) is 0.538. The van der Waals surface area contributed by atoms with Crippen molar-refractivity contribution in [2.75, 3.05) is 18.1 Å². The number of hydrogen-bond donors (Lipinski definition) is 1. The predicted molar refractivity (Wildman–Crippen MR) is 78.8 cm³/mol. The van der Waals surface area contributed by atoms with Gasteiger partial charge in [0.2, 0.25) is 0 Å². The van der Waals surface area contributed by atoms with E-state index in [9.17, 15) is 18.5 Å². The lowest BCUT2D eigenvalue weighted by molar-refractivity contribution is -0.386. The molecule has 0 aliphatic rings. The highest BCUT2D eigenvalue weighted by Gasteiger charge is 2.26. The summed E-state index contributed by atoms with van der Waals surface area (Å²) in [5, 5.41) is 14.2. The monoisotopic (exact) mass is 300 g/mol. The maximum atomic E-state index is 11.6. The van der Waals surface area contributed by atoms with Crippen molar-refractivity contribution in [1.29, 1.82) is 0 Å². The zero-order valence-corrected chi connectivity index (χ0v) is 13.0. The minimum atomic E-state index is -3.64. The zero-order valence-electron chi connectivity index (χ0n) is 12.1. The van der Waals surface area contributed by atoms with E-state index in [4.69, 9.17) is 0 Å². The minimum Gasteiger partial charge on any atom is -0.379 e. The van der Waals surface area contributed by atoms with E-state index in [1.54, 1.807) is 0 Å². The first-order valence-corrected chi connectivity index (χ1v) is 8.19. The van der Waals surface area contributed by atoms with E-state index in [-0.39, 0.29) is 21.7 Å². The van der Waals surface area contributed by atoms with Gasteiger partial charge in [-0.3, -0.25) is 10.1 Å². The second kappa shape index (κ2) is 5.78. The molecule has 0 atom stereocenters. The highest BCUT2D eigenvalue weighted by molar-refractivity contribution is 7.90. The predicted octanol–water partition coefficient (Wildman–Crippen LogP) is 2.85. The minimum absolute atomic E-state index is 0.0328. The van der Waals surface area contributed by atoms with Gasteiger partial charge in [0.15, 0.2) is 9.84 Å². The lowest BCUT2D eigenvalue weighted by Gasteiger charge is -2.23. The van der Waals surface area contributed by atoms with Gasteiger partial charge in [0, 0.05) is 12.8 Å². The van der Waals surface area contributed by atoms with Gasteiger partial charge in [0.25, 0.3) is 0 Å². The molecule has 0 saturated heterocycles. The van der Waals surface area contributed by atoms with Gasteiger partial charge in [-0.1, -0.05) is 26.8 Å². The third-order valence-electron chi connectivity index (χ3n) is 3.30. The van der Waals surface area contributed by atoms with Crippen molar-refractivity contribution < 1.29 is 13.3 Å². The summed E-state index contributed by atoms with van der Waals surface area (Å²) < 4.78 is 23.3. The maximum absolute atomic E-state index is 11.6. The van der Waals surface area contributed by atoms with Gasteiger partial charge >= 0.3 is 5.69 Å². The van der Waals surface area contributed by atoms with E-state index >= 15 is 0 Å². The van der Waals surface area contributed by atoms with E-state index < -0.39 is 14.8 Å². The highest BCUT2D eigenvalue weighted by Crippen LogP contribution is 2.33. The lowest BCUT2D eigenvalue weighted by atomic mass is 9.90. The quantitative estimate of drug-likeness (QED) is 0.644. The normalized spacial score (nSPS) is 12.2. The topological polar surface area (TPSA) is 89.3 Å². The molecular weight excluding hydrogens is 280 g/mol. The molecule has 0 fully saturated rings. The highest BCUT2D eigenvalue weighted by atomic mass is 32.2. The largest absolute Gasteiger partial charge is 0.379 e. The van der Waals surface area contributed by atoms with Crippen molar-refractivity contribution in [2.24, 2.45) is 5.41 Å². The third kappa shape index (κ3) is 3.93.